The molecule has 482 valence electrons. The fourth-order valence-electron chi connectivity index (χ4n) is 11.1. The zero-order chi connectivity index (χ0) is 65.1. The van der Waals surface area contributed by atoms with Crippen LogP contribution in [0.3, 0.4) is 0 Å². The van der Waals surface area contributed by atoms with Crippen molar-refractivity contribution in [1.82, 2.24) is 52.3 Å². The minimum Gasteiger partial charge on any atom is -0.375 e. The van der Waals surface area contributed by atoms with Gasteiger partial charge in [0.05, 0.1) is 50.6 Å². The Bertz CT molecular complexity index is 2970. The molecule has 10 atom stereocenters. The second-order valence-electron chi connectivity index (χ2n) is 25.8. The first-order valence-electron chi connectivity index (χ1n) is 31.1. The second-order valence-corrected chi connectivity index (χ2v) is 25.8. The van der Waals surface area contributed by atoms with E-state index in [4.69, 9.17) is 9.47 Å². The van der Waals surface area contributed by atoms with Crippen molar-refractivity contribution in [3.63, 3.8) is 0 Å². The third-order valence-corrected chi connectivity index (χ3v) is 16.5. The van der Waals surface area contributed by atoms with E-state index in [1.165, 1.54) is 34.1 Å². The number of nitrogens with one attached hydrogen (secondary N) is 8. The molecule has 2 aliphatic heterocycles. The number of nitrogens with zero attached hydrogens (tertiary/aromatic N) is 2. The van der Waals surface area contributed by atoms with E-state index in [-0.39, 0.29) is 50.3 Å². The van der Waals surface area contributed by atoms with Crippen molar-refractivity contribution in [2.24, 2.45) is 10.8 Å². The molecular weight excluding hydrogens is 1140 g/mol. The zero-order valence-corrected chi connectivity index (χ0v) is 53.7. The van der Waals surface area contributed by atoms with E-state index in [9.17, 15) is 38.4 Å². The van der Waals surface area contributed by atoms with Crippen molar-refractivity contribution in [2.75, 3.05) is 40.4 Å². The van der Waals surface area contributed by atoms with Crippen LogP contribution in [0.4, 0.5) is 0 Å². The molecule has 90 heavy (non-hydrogen) atoms. The first-order chi connectivity index (χ1) is 42.9. The molecule has 8 amide bonds. The number of hydrogen-bond donors (Lipinski definition) is 8. The fraction of sp³-hybridized carbons (Fsp3) is 0.457. The Hall–Kier alpha value is -8.30. The number of amides is 8. The van der Waals surface area contributed by atoms with Crippen molar-refractivity contribution < 1.29 is 47.8 Å². The number of carbonyl (C=O) groups excluding carboxylic acids is 8. The van der Waals surface area contributed by atoms with Crippen molar-refractivity contribution in [2.45, 2.75) is 155 Å². The number of carbonyl (C=O) groups is 8. The molecule has 20 nitrogen and oxygen atoms in total. The van der Waals surface area contributed by atoms with Crippen molar-refractivity contribution in [1.29, 1.82) is 0 Å². The van der Waals surface area contributed by atoms with Gasteiger partial charge >= 0.3 is 0 Å². The van der Waals surface area contributed by atoms with Gasteiger partial charge in [0.1, 0.15) is 24.2 Å². The van der Waals surface area contributed by atoms with Crippen LogP contribution in [-0.2, 0) is 64.3 Å². The van der Waals surface area contributed by atoms with E-state index in [0.29, 0.717) is 26.1 Å². The van der Waals surface area contributed by atoms with Gasteiger partial charge in [-0.25, -0.2) is 0 Å². The maximum absolute atomic E-state index is 14.9. The lowest BCUT2D eigenvalue weighted by atomic mass is 9.85. The molecule has 0 spiro atoms. The Morgan fingerprint density at radius 2 is 0.767 bits per heavy atom. The van der Waals surface area contributed by atoms with Crippen molar-refractivity contribution >= 4 is 47.3 Å². The van der Waals surface area contributed by atoms with Gasteiger partial charge in [-0.15, -0.1) is 0 Å². The number of rotatable bonds is 28. The molecular formula is C70H92N10O10. The van der Waals surface area contributed by atoms with Crippen LogP contribution in [0.15, 0.2) is 146 Å². The average Bonchev–Trinajstić information content (AvgIpc) is 1.86. The largest absolute Gasteiger partial charge is 0.375 e. The Kier molecular flexibility index (Phi) is 24.9. The molecule has 8 N–H and O–H groups in total. The van der Waals surface area contributed by atoms with Gasteiger partial charge in [-0.1, -0.05) is 163 Å². The van der Waals surface area contributed by atoms with Gasteiger partial charge in [-0.3, -0.25) is 38.4 Å². The lowest BCUT2D eigenvalue weighted by Crippen LogP contribution is -2.60. The van der Waals surface area contributed by atoms with Crippen LogP contribution >= 0.6 is 0 Å². The van der Waals surface area contributed by atoms with E-state index in [1.807, 2.05) is 163 Å². The summed E-state index contributed by atoms with van der Waals surface area (Å²) in [4.78, 5) is 117. The predicted molar refractivity (Wildman–Crippen MR) is 345 cm³/mol. The summed E-state index contributed by atoms with van der Waals surface area (Å²) in [6.07, 6.45) is 0.983. The van der Waals surface area contributed by atoms with Crippen molar-refractivity contribution in [3.8, 4) is 0 Å². The van der Waals surface area contributed by atoms with Gasteiger partial charge in [0.25, 0.3) is 11.8 Å². The molecule has 0 aliphatic carbocycles. The Morgan fingerprint density at radius 1 is 0.456 bits per heavy atom. The average molecular weight is 1230 g/mol. The number of likely N-dealkylation sites (N-methyl/N-ethyl adjacent to an activating group) is 2. The molecule has 0 aromatic heterocycles. The maximum atomic E-state index is 14.9. The van der Waals surface area contributed by atoms with Crippen LogP contribution in [0.25, 0.3) is 0 Å². The number of likely N-dealkylation sites (tertiary alicyclic amines) is 2. The topological polar surface area (TPSA) is 258 Å². The number of benzene rings is 5. The molecule has 0 radical (unpaired) electrons. The van der Waals surface area contributed by atoms with Crippen LogP contribution in [-0.4, -0.2) is 158 Å². The van der Waals surface area contributed by atoms with Gasteiger partial charge in [-0.05, 0) is 111 Å². The highest BCUT2D eigenvalue weighted by Gasteiger charge is 2.48. The lowest BCUT2D eigenvalue weighted by molar-refractivity contribution is -0.144. The van der Waals surface area contributed by atoms with Crippen LogP contribution in [0.1, 0.15) is 111 Å². The van der Waals surface area contributed by atoms with E-state index in [2.05, 4.69) is 42.5 Å². The summed E-state index contributed by atoms with van der Waals surface area (Å²) in [6.45, 7) is 15.2. The third kappa shape index (κ3) is 19.8. The van der Waals surface area contributed by atoms with Gasteiger partial charge in [0, 0.05) is 36.3 Å². The first-order valence-corrected chi connectivity index (χ1v) is 31.1. The second kappa shape index (κ2) is 32.4. The van der Waals surface area contributed by atoms with Gasteiger partial charge in [0.2, 0.25) is 35.4 Å². The molecule has 7 rings (SSSR count). The van der Waals surface area contributed by atoms with Crippen LogP contribution in [0.2, 0.25) is 0 Å². The SMILES string of the molecule is CNC(C)C(=O)NC(C(=O)N1CC(NC(=O)c2ccc(C(=O)NC3CC(C(=O)NC(COCc4ccccc4)Cc4ccccc4)N(C(=O)C(NC(=O)C(C)NC)C(C)(C)C)C3)cc2)CC1C(=O)NC(COCc1ccccc1)Cc1ccccc1)C(C)(C)C. The summed E-state index contributed by atoms with van der Waals surface area (Å²) in [6, 6.07) is 36.9. The molecule has 2 fully saturated rings. The van der Waals surface area contributed by atoms with Crippen LogP contribution < -0.4 is 42.5 Å². The fourth-order valence-corrected chi connectivity index (χ4v) is 11.1. The predicted octanol–water partition coefficient (Wildman–Crippen LogP) is 5.25. The third-order valence-electron chi connectivity index (χ3n) is 16.5. The van der Waals surface area contributed by atoms with Gasteiger partial charge in [-0.2, -0.15) is 0 Å². The highest BCUT2D eigenvalue weighted by atomic mass is 16.5. The molecule has 5 aromatic carbocycles. The Morgan fingerprint density at radius 3 is 1.07 bits per heavy atom. The minimum atomic E-state index is -1.05. The number of ether oxygens (including phenoxy) is 2. The van der Waals surface area contributed by atoms with E-state index >= 15 is 0 Å². The normalized spacial score (nSPS) is 18.6. The van der Waals surface area contributed by atoms with E-state index in [1.54, 1.807) is 27.9 Å². The molecule has 10 unspecified atom stereocenters. The summed E-state index contributed by atoms with van der Waals surface area (Å²) in [5.74, 6) is -3.67. The summed E-state index contributed by atoms with van der Waals surface area (Å²) in [5, 5.41) is 24.1. The molecule has 0 saturated carbocycles. The standard InChI is InChI=1S/C70H92N10O10/c1-45(71-9)61(81)77-59(69(3,4)5)67(87)79-39-53(37-57(79)65(85)75-55(35-47-23-15-11-16-24-47)43-89-41-49-27-19-13-20-28-49)73-63(83)51-31-33-52(34-32-51)64(84)74-54-38-58(80(40-54)68(88)60(70(6,7)8)78-62(82)46(2)72-10)66(86)76-56(36-48-25-17-12-18-26-48)44-90-42-50-29-21-14-22-30-50/h11-34,45-46,53-60,71-72H,35-44H2,1-10H3,(H,73,83)(H,74,84)(H,75,85)(H,76,86)(H,77,81)(H,78,82). The minimum absolute atomic E-state index is 0.0470. The summed E-state index contributed by atoms with van der Waals surface area (Å²) < 4.78 is 12.3. The zero-order valence-electron chi connectivity index (χ0n) is 53.7. The summed E-state index contributed by atoms with van der Waals surface area (Å²) >= 11 is 0. The van der Waals surface area contributed by atoms with E-state index in [0.717, 1.165) is 22.3 Å². The Balaban J connectivity index is 1.08. The maximum Gasteiger partial charge on any atom is 0.251 e. The summed E-state index contributed by atoms with van der Waals surface area (Å²) in [7, 11) is 3.29. The molecule has 2 heterocycles. The lowest BCUT2D eigenvalue weighted by Gasteiger charge is -2.36. The van der Waals surface area contributed by atoms with E-state index < -0.39 is 119 Å². The van der Waals surface area contributed by atoms with Crippen LogP contribution in [0, 0.1) is 10.8 Å². The van der Waals surface area contributed by atoms with Gasteiger partial charge < -0.3 is 61.8 Å². The molecule has 0 bridgehead atoms. The molecule has 2 aliphatic rings. The smallest absolute Gasteiger partial charge is 0.251 e. The highest BCUT2D eigenvalue weighted by Crippen LogP contribution is 2.29. The van der Waals surface area contributed by atoms with Gasteiger partial charge in [0.15, 0.2) is 0 Å². The Labute approximate surface area is 530 Å². The molecule has 20 heteroatoms. The number of hydrogen-bond acceptors (Lipinski definition) is 12. The van der Waals surface area contributed by atoms with Crippen LogP contribution in [0.5, 0.6) is 0 Å². The molecule has 2 saturated heterocycles. The highest BCUT2D eigenvalue weighted by molar-refractivity contribution is 5.99. The van der Waals surface area contributed by atoms with Crippen molar-refractivity contribution in [3.05, 3.63) is 179 Å². The molecule has 5 aromatic rings. The summed E-state index contributed by atoms with van der Waals surface area (Å²) in [5.41, 5.74) is 2.71. The quantitative estimate of drug-likeness (QED) is 0.0320. The first kappa shape index (κ1) is 69.2. The monoisotopic (exact) mass is 1230 g/mol.